The zero-order valence-corrected chi connectivity index (χ0v) is 11.9. The van der Waals surface area contributed by atoms with Gasteiger partial charge >= 0.3 is 0 Å². The molecule has 96 valence electrons. The van der Waals surface area contributed by atoms with E-state index in [1.54, 1.807) is 11.3 Å². The third-order valence-electron chi connectivity index (χ3n) is 2.49. The first kappa shape index (κ1) is 13.2. The normalized spacial score (nSPS) is 11.7. The summed E-state index contributed by atoms with van der Waals surface area (Å²) < 4.78 is 0. The fourth-order valence-corrected chi connectivity index (χ4v) is 2.20. The van der Waals surface area contributed by atoms with Crippen molar-refractivity contribution in [2.45, 2.75) is 39.3 Å². The quantitative estimate of drug-likeness (QED) is 0.919. The van der Waals surface area contributed by atoms with Crippen LogP contribution in [0.25, 0.3) is 0 Å². The Balaban J connectivity index is 1.93. The van der Waals surface area contributed by atoms with Gasteiger partial charge in [0.2, 0.25) is 0 Å². The number of thiophene rings is 1. The van der Waals surface area contributed by atoms with Crippen molar-refractivity contribution in [2.75, 3.05) is 0 Å². The van der Waals surface area contributed by atoms with E-state index in [1.807, 2.05) is 12.4 Å². The highest BCUT2D eigenvalue weighted by molar-refractivity contribution is 7.09. The van der Waals surface area contributed by atoms with Gasteiger partial charge in [-0.2, -0.15) is 0 Å². The molecule has 0 saturated heterocycles. The molecule has 2 heterocycles. The number of nitrogens with one attached hydrogen (secondary N) is 1. The van der Waals surface area contributed by atoms with Crippen LogP contribution in [0.1, 0.15) is 37.0 Å². The monoisotopic (exact) mass is 261 g/mol. The van der Waals surface area contributed by atoms with Crippen LogP contribution in [0.4, 0.5) is 0 Å². The van der Waals surface area contributed by atoms with Crippen LogP contribution in [-0.4, -0.2) is 15.5 Å². The number of aromatic nitrogens is 2. The molecule has 2 aromatic heterocycles. The molecular formula is C14H19N3S. The van der Waals surface area contributed by atoms with Crippen LogP contribution in [0.2, 0.25) is 0 Å². The van der Waals surface area contributed by atoms with Crippen molar-refractivity contribution >= 4 is 11.3 Å². The summed E-state index contributed by atoms with van der Waals surface area (Å²) >= 11 is 1.74. The molecule has 0 saturated carbocycles. The molecule has 18 heavy (non-hydrogen) atoms. The van der Waals surface area contributed by atoms with Crippen LogP contribution in [0, 0.1) is 0 Å². The van der Waals surface area contributed by atoms with Gasteiger partial charge in [-0.05, 0) is 32.2 Å². The molecule has 0 aliphatic rings. The molecule has 0 unspecified atom stereocenters. The lowest BCUT2D eigenvalue weighted by Crippen LogP contribution is -2.35. The molecule has 0 aromatic carbocycles. The topological polar surface area (TPSA) is 37.8 Å². The first-order valence-corrected chi connectivity index (χ1v) is 6.98. The second kappa shape index (κ2) is 5.59. The zero-order chi connectivity index (χ0) is 13.0. The Morgan fingerprint density at radius 3 is 2.50 bits per heavy atom. The third kappa shape index (κ3) is 4.20. The summed E-state index contributed by atoms with van der Waals surface area (Å²) in [6.07, 6.45) is 4.65. The maximum absolute atomic E-state index is 4.41. The van der Waals surface area contributed by atoms with Crippen molar-refractivity contribution in [3.63, 3.8) is 0 Å². The van der Waals surface area contributed by atoms with Gasteiger partial charge in [-0.25, -0.2) is 9.97 Å². The summed E-state index contributed by atoms with van der Waals surface area (Å²) in [6, 6.07) is 4.17. The Morgan fingerprint density at radius 1 is 1.22 bits per heavy atom. The van der Waals surface area contributed by atoms with Crippen LogP contribution in [0.5, 0.6) is 0 Å². The minimum Gasteiger partial charge on any atom is -0.308 e. The molecule has 0 amide bonds. The predicted octanol–water partition coefficient (Wildman–Crippen LogP) is 3.02. The molecule has 0 spiro atoms. The van der Waals surface area contributed by atoms with Crippen LogP contribution in [-0.2, 0) is 13.0 Å². The lowest BCUT2D eigenvalue weighted by molar-refractivity contribution is 0.423. The van der Waals surface area contributed by atoms with Gasteiger partial charge in [-0.1, -0.05) is 6.07 Å². The van der Waals surface area contributed by atoms with Crippen LogP contribution >= 0.6 is 11.3 Å². The van der Waals surface area contributed by atoms with Gasteiger partial charge < -0.3 is 5.32 Å². The molecular weight excluding hydrogens is 242 g/mol. The molecule has 0 aliphatic carbocycles. The molecule has 0 radical (unpaired) electrons. The first-order valence-electron chi connectivity index (χ1n) is 6.10. The third-order valence-corrected chi connectivity index (χ3v) is 3.37. The Kier molecular flexibility index (Phi) is 4.09. The summed E-state index contributed by atoms with van der Waals surface area (Å²) in [5.41, 5.74) is 1.25. The molecule has 0 bridgehead atoms. The van der Waals surface area contributed by atoms with Crippen molar-refractivity contribution in [2.24, 2.45) is 0 Å². The Hall–Kier alpha value is -1.26. The number of hydrogen-bond donors (Lipinski definition) is 1. The van der Waals surface area contributed by atoms with Gasteiger partial charge in [-0.3, -0.25) is 0 Å². The summed E-state index contributed by atoms with van der Waals surface area (Å²) in [5.74, 6) is 0.886. The number of nitrogens with zero attached hydrogens (tertiary/aromatic N) is 2. The lowest BCUT2D eigenvalue weighted by Gasteiger charge is -2.20. The molecule has 1 N–H and O–H groups in total. The van der Waals surface area contributed by atoms with E-state index in [4.69, 9.17) is 0 Å². The van der Waals surface area contributed by atoms with Gasteiger partial charge in [0.05, 0.1) is 0 Å². The van der Waals surface area contributed by atoms with Gasteiger partial charge in [0.1, 0.15) is 5.82 Å². The summed E-state index contributed by atoms with van der Waals surface area (Å²) in [7, 11) is 0. The molecule has 0 atom stereocenters. The molecule has 2 aromatic rings. The van der Waals surface area contributed by atoms with Gasteiger partial charge in [-0.15, -0.1) is 11.3 Å². The summed E-state index contributed by atoms with van der Waals surface area (Å²) in [4.78, 5) is 10.1. The lowest BCUT2D eigenvalue weighted by atomic mass is 10.1. The predicted molar refractivity (Wildman–Crippen MR) is 75.7 cm³/mol. The Labute approximate surface area is 112 Å². The molecule has 3 nitrogen and oxygen atoms in total. The highest BCUT2D eigenvalue weighted by atomic mass is 32.1. The van der Waals surface area contributed by atoms with E-state index in [-0.39, 0.29) is 5.54 Å². The van der Waals surface area contributed by atoms with Crippen molar-refractivity contribution in [1.82, 2.24) is 15.3 Å². The summed E-state index contributed by atoms with van der Waals surface area (Å²) in [6.45, 7) is 7.26. The van der Waals surface area contributed by atoms with Crippen molar-refractivity contribution < 1.29 is 0 Å². The van der Waals surface area contributed by atoms with Crippen molar-refractivity contribution in [3.05, 3.63) is 46.2 Å². The SMILES string of the molecule is CC(C)(C)NCc1cnc(Cc2cccs2)nc1. The molecule has 0 fully saturated rings. The second-order valence-corrected chi connectivity index (χ2v) is 6.40. The second-order valence-electron chi connectivity index (χ2n) is 5.37. The zero-order valence-electron chi connectivity index (χ0n) is 11.1. The minimum absolute atomic E-state index is 0.121. The highest BCUT2D eigenvalue weighted by Crippen LogP contribution is 2.12. The van der Waals surface area contributed by atoms with E-state index in [1.165, 1.54) is 4.88 Å². The Morgan fingerprint density at radius 2 is 1.94 bits per heavy atom. The summed E-state index contributed by atoms with van der Waals surface area (Å²) in [5, 5.41) is 5.51. The maximum atomic E-state index is 4.41. The Bertz CT molecular complexity index is 469. The van der Waals surface area contributed by atoms with E-state index < -0.39 is 0 Å². The van der Waals surface area contributed by atoms with Crippen LogP contribution < -0.4 is 5.32 Å². The van der Waals surface area contributed by atoms with Gasteiger partial charge in [0, 0.05) is 41.3 Å². The average Bonchev–Trinajstić information content (AvgIpc) is 2.80. The van der Waals surface area contributed by atoms with E-state index in [9.17, 15) is 0 Å². The fourth-order valence-electron chi connectivity index (χ4n) is 1.50. The fraction of sp³-hybridized carbons (Fsp3) is 0.429. The van der Waals surface area contributed by atoms with Crippen LogP contribution in [0.15, 0.2) is 29.9 Å². The first-order chi connectivity index (χ1) is 8.53. The van der Waals surface area contributed by atoms with Gasteiger partial charge in [0.15, 0.2) is 0 Å². The number of hydrogen-bond acceptors (Lipinski definition) is 4. The highest BCUT2D eigenvalue weighted by Gasteiger charge is 2.08. The average molecular weight is 261 g/mol. The van der Waals surface area contributed by atoms with E-state index in [0.29, 0.717) is 0 Å². The standard InChI is InChI=1S/C14H19N3S/c1-14(2,3)17-10-11-8-15-13(16-9-11)7-12-5-4-6-18-12/h4-6,8-9,17H,7,10H2,1-3H3. The van der Waals surface area contributed by atoms with E-state index in [2.05, 4.69) is 53.6 Å². The smallest absolute Gasteiger partial charge is 0.133 e. The van der Waals surface area contributed by atoms with Crippen molar-refractivity contribution in [1.29, 1.82) is 0 Å². The minimum atomic E-state index is 0.121. The molecule has 2 rings (SSSR count). The number of rotatable bonds is 4. The van der Waals surface area contributed by atoms with Crippen molar-refractivity contribution in [3.8, 4) is 0 Å². The van der Waals surface area contributed by atoms with Crippen LogP contribution in [0.3, 0.4) is 0 Å². The van der Waals surface area contributed by atoms with E-state index in [0.717, 1.165) is 24.4 Å². The van der Waals surface area contributed by atoms with Gasteiger partial charge in [0.25, 0.3) is 0 Å². The molecule has 0 aliphatic heterocycles. The largest absolute Gasteiger partial charge is 0.308 e. The van der Waals surface area contributed by atoms with E-state index >= 15 is 0 Å². The molecule has 4 heteroatoms. The maximum Gasteiger partial charge on any atom is 0.133 e.